The Kier molecular flexibility index (Phi) is 5.35. The number of nitrogens with zero attached hydrogens (tertiary/aromatic N) is 3. The Bertz CT molecular complexity index is 704. The van der Waals surface area contributed by atoms with Crippen LogP contribution in [0.2, 0.25) is 0 Å². The monoisotopic (exact) mass is 349 g/mol. The standard InChI is InChI=1S/C17H20ClN3O3/c1-23-13-6-4-5-12(11-13)16-19-17(24-20-16)14-7-2-3-10-21(14)15(22)8-9-18/h4-6,11,14H,2-3,7-10H2,1H3. The lowest BCUT2D eigenvalue weighted by molar-refractivity contribution is -0.135. The number of carbonyl (C=O) groups excluding carboxylic acids is 1. The van der Waals surface area contributed by atoms with Crippen LogP contribution in [0, 0.1) is 0 Å². The summed E-state index contributed by atoms with van der Waals surface area (Å²) in [4.78, 5) is 18.6. The summed E-state index contributed by atoms with van der Waals surface area (Å²) in [5.41, 5.74) is 0.818. The van der Waals surface area contributed by atoms with E-state index in [9.17, 15) is 4.79 Å². The summed E-state index contributed by atoms with van der Waals surface area (Å²) in [6.45, 7) is 0.706. The first-order valence-electron chi connectivity index (χ1n) is 8.06. The van der Waals surface area contributed by atoms with Gasteiger partial charge in [-0.1, -0.05) is 17.3 Å². The van der Waals surface area contributed by atoms with Crippen LogP contribution in [-0.2, 0) is 4.79 Å². The topological polar surface area (TPSA) is 68.5 Å². The molecule has 1 atom stereocenters. The summed E-state index contributed by atoms with van der Waals surface area (Å²) in [6.07, 6.45) is 3.18. The highest BCUT2D eigenvalue weighted by atomic mass is 35.5. The smallest absolute Gasteiger partial charge is 0.249 e. The van der Waals surface area contributed by atoms with Gasteiger partial charge in [-0.05, 0) is 31.4 Å². The lowest BCUT2D eigenvalue weighted by Gasteiger charge is -2.33. The average molecular weight is 350 g/mol. The number of amides is 1. The Labute approximate surface area is 145 Å². The fourth-order valence-electron chi connectivity index (χ4n) is 2.96. The highest BCUT2D eigenvalue weighted by Crippen LogP contribution is 2.32. The predicted molar refractivity (Wildman–Crippen MR) is 89.9 cm³/mol. The zero-order chi connectivity index (χ0) is 16.9. The molecular weight excluding hydrogens is 330 g/mol. The third-order valence-electron chi connectivity index (χ3n) is 4.19. The Hall–Kier alpha value is -2.08. The predicted octanol–water partition coefficient (Wildman–Crippen LogP) is 3.43. The van der Waals surface area contributed by atoms with E-state index < -0.39 is 0 Å². The number of alkyl halides is 1. The molecule has 1 aliphatic rings. The van der Waals surface area contributed by atoms with Gasteiger partial charge in [-0.2, -0.15) is 4.98 Å². The molecule has 1 fully saturated rings. The fourth-order valence-corrected chi connectivity index (χ4v) is 3.12. The molecule has 1 aromatic carbocycles. The van der Waals surface area contributed by atoms with Gasteiger partial charge in [-0.3, -0.25) is 4.79 Å². The van der Waals surface area contributed by atoms with Gasteiger partial charge in [-0.15, -0.1) is 11.6 Å². The third-order valence-corrected chi connectivity index (χ3v) is 4.38. The number of likely N-dealkylation sites (tertiary alicyclic amines) is 1. The minimum Gasteiger partial charge on any atom is -0.497 e. The molecule has 1 unspecified atom stereocenters. The second-order valence-corrected chi connectivity index (χ2v) is 6.10. The molecule has 1 aliphatic heterocycles. The molecule has 7 heteroatoms. The van der Waals surface area contributed by atoms with Crippen LogP contribution in [0.15, 0.2) is 28.8 Å². The molecule has 0 aliphatic carbocycles. The fraction of sp³-hybridized carbons (Fsp3) is 0.471. The molecule has 3 rings (SSSR count). The lowest BCUT2D eigenvalue weighted by atomic mass is 10.0. The first-order valence-corrected chi connectivity index (χ1v) is 8.60. The number of hydrogen-bond acceptors (Lipinski definition) is 5. The van der Waals surface area contributed by atoms with E-state index >= 15 is 0 Å². The van der Waals surface area contributed by atoms with Crippen LogP contribution in [-0.4, -0.2) is 40.5 Å². The van der Waals surface area contributed by atoms with Gasteiger partial charge in [0.15, 0.2) is 0 Å². The average Bonchev–Trinajstić information content (AvgIpc) is 3.12. The number of ether oxygens (including phenoxy) is 1. The number of hydrogen-bond donors (Lipinski definition) is 0. The van der Waals surface area contributed by atoms with Gasteiger partial charge in [-0.25, -0.2) is 0 Å². The zero-order valence-corrected chi connectivity index (χ0v) is 14.3. The largest absolute Gasteiger partial charge is 0.497 e. The van der Waals surface area contributed by atoms with Crippen molar-refractivity contribution in [2.24, 2.45) is 0 Å². The summed E-state index contributed by atoms with van der Waals surface area (Å²) in [7, 11) is 1.61. The molecule has 24 heavy (non-hydrogen) atoms. The molecule has 1 amide bonds. The number of piperidine rings is 1. The van der Waals surface area contributed by atoms with Gasteiger partial charge in [0.2, 0.25) is 17.6 Å². The third kappa shape index (κ3) is 3.53. The summed E-state index contributed by atoms with van der Waals surface area (Å²) < 4.78 is 10.7. The number of aromatic nitrogens is 2. The van der Waals surface area contributed by atoms with E-state index in [0.717, 1.165) is 30.6 Å². The van der Waals surface area contributed by atoms with Gasteiger partial charge in [0.05, 0.1) is 7.11 Å². The number of carbonyl (C=O) groups is 1. The van der Waals surface area contributed by atoms with Crippen molar-refractivity contribution >= 4 is 17.5 Å². The van der Waals surface area contributed by atoms with E-state index in [0.29, 0.717) is 30.6 Å². The lowest BCUT2D eigenvalue weighted by Crippen LogP contribution is -2.38. The normalized spacial score (nSPS) is 17.8. The summed E-state index contributed by atoms with van der Waals surface area (Å²) in [6, 6.07) is 7.32. The maximum atomic E-state index is 12.3. The van der Waals surface area contributed by atoms with Gasteiger partial charge in [0.1, 0.15) is 11.8 Å². The van der Waals surface area contributed by atoms with E-state index in [2.05, 4.69) is 10.1 Å². The van der Waals surface area contributed by atoms with E-state index in [1.807, 2.05) is 29.2 Å². The molecule has 2 aromatic rings. The minimum absolute atomic E-state index is 0.0378. The van der Waals surface area contributed by atoms with E-state index in [-0.39, 0.29) is 11.9 Å². The van der Waals surface area contributed by atoms with Crippen molar-refractivity contribution < 1.29 is 14.1 Å². The van der Waals surface area contributed by atoms with Crippen LogP contribution < -0.4 is 4.74 Å². The first kappa shape index (κ1) is 16.8. The molecule has 0 spiro atoms. The van der Waals surface area contributed by atoms with E-state index in [1.54, 1.807) is 7.11 Å². The summed E-state index contributed by atoms with van der Waals surface area (Å²) >= 11 is 5.71. The van der Waals surface area contributed by atoms with Crippen molar-refractivity contribution in [2.75, 3.05) is 19.5 Å². The molecule has 0 radical (unpaired) electrons. The van der Waals surface area contributed by atoms with Gasteiger partial charge in [0.25, 0.3) is 0 Å². The molecule has 0 saturated carbocycles. The summed E-state index contributed by atoms with van der Waals surface area (Å²) in [5, 5.41) is 4.07. The van der Waals surface area contributed by atoms with Crippen molar-refractivity contribution in [1.29, 1.82) is 0 Å². The highest BCUT2D eigenvalue weighted by molar-refractivity contribution is 6.18. The van der Waals surface area contributed by atoms with Crippen LogP contribution in [0.5, 0.6) is 5.75 Å². The first-order chi connectivity index (χ1) is 11.7. The highest BCUT2D eigenvalue weighted by Gasteiger charge is 2.31. The van der Waals surface area contributed by atoms with Crippen molar-refractivity contribution in [3.05, 3.63) is 30.2 Å². The number of rotatable bonds is 5. The van der Waals surface area contributed by atoms with Crippen LogP contribution in [0.25, 0.3) is 11.4 Å². The quantitative estimate of drug-likeness (QED) is 0.773. The van der Waals surface area contributed by atoms with Gasteiger partial charge >= 0.3 is 0 Å². The van der Waals surface area contributed by atoms with Crippen LogP contribution in [0.4, 0.5) is 0 Å². The van der Waals surface area contributed by atoms with Gasteiger partial charge in [0, 0.05) is 24.4 Å². The van der Waals surface area contributed by atoms with Crippen molar-refractivity contribution in [3.8, 4) is 17.1 Å². The van der Waals surface area contributed by atoms with Crippen molar-refractivity contribution in [2.45, 2.75) is 31.7 Å². The van der Waals surface area contributed by atoms with E-state index in [1.165, 1.54) is 0 Å². The molecular formula is C17H20ClN3O3. The minimum atomic E-state index is -0.165. The Morgan fingerprint density at radius 3 is 3.12 bits per heavy atom. The number of methoxy groups -OCH3 is 1. The molecule has 0 bridgehead atoms. The molecule has 128 valence electrons. The molecule has 6 nitrogen and oxygen atoms in total. The second kappa shape index (κ2) is 7.66. The number of benzene rings is 1. The van der Waals surface area contributed by atoms with Crippen molar-refractivity contribution in [1.82, 2.24) is 15.0 Å². The zero-order valence-electron chi connectivity index (χ0n) is 13.6. The number of halogens is 1. The summed E-state index contributed by atoms with van der Waals surface area (Å²) in [5.74, 6) is 2.07. The van der Waals surface area contributed by atoms with Crippen LogP contribution >= 0.6 is 11.6 Å². The maximum absolute atomic E-state index is 12.3. The van der Waals surface area contributed by atoms with Crippen molar-refractivity contribution in [3.63, 3.8) is 0 Å². The Morgan fingerprint density at radius 2 is 2.33 bits per heavy atom. The molecule has 1 aromatic heterocycles. The Morgan fingerprint density at radius 1 is 1.46 bits per heavy atom. The molecule has 0 N–H and O–H groups in total. The Balaban J connectivity index is 1.83. The maximum Gasteiger partial charge on any atom is 0.249 e. The molecule has 2 heterocycles. The van der Waals surface area contributed by atoms with E-state index in [4.69, 9.17) is 20.9 Å². The van der Waals surface area contributed by atoms with Gasteiger partial charge < -0.3 is 14.2 Å². The second-order valence-electron chi connectivity index (χ2n) is 5.73. The van der Waals surface area contributed by atoms with Crippen LogP contribution in [0.1, 0.15) is 37.6 Å². The SMILES string of the molecule is COc1cccc(-c2noc(C3CCCCN3C(=O)CCCl)n2)c1. The molecule has 1 saturated heterocycles. The van der Waals surface area contributed by atoms with Crippen LogP contribution in [0.3, 0.4) is 0 Å².